The van der Waals surface area contributed by atoms with E-state index >= 15 is 0 Å². The Morgan fingerprint density at radius 1 is 1.41 bits per heavy atom. The van der Waals surface area contributed by atoms with Crippen molar-refractivity contribution in [3.63, 3.8) is 0 Å². The molecule has 8 nitrogen and oxygen atoms in total. The molecule has 1 aromatic rings. The fourth-order valence-corrected chi connectivity index (χ4v) is 4.25. The molecule has 1 saturated carbocycles. The monoisotopic (exact) mass is 393 g/mol. The van der Waals surface area contributed by atoms with Crippen molar-refractivity contribution in [3.05, 3.63) is 22.4 Å². The average Bonchev–Trinajstić information content (AvgIpc) is 3.24. The summed E-state index contributed by atoms with van der Waals surface area (Å²) in [7, 11) is 0. The molecular formula is C18H23N3O5S. The van der Waals surface area contributed by atoms with Crippen LogP contribution in [0, 0.1) is 5.92 Å². The lowest BCUT2D eigenvalue weighted by atomic mass is 9.73. The number of rotatable bonds is 6. The Labute approximate surface area is 161 Å². The molecule has 2 heterocycles. The van der Waals surface area contributed by atoms with Gasteiger partial charge in [-0.05, 0) is 30.2 Å². The molecule has 1 aliphatic carbocycles. The van der Waals surface area contributed by atoms with Crippen LogP contribution in [0.5, 0.6) is 0 Å². The Kier molecular flexibility index (Phi) is 5.79. The molecule has 1 aromatic heterocycles. The van der Waals surface area contributed by atoms with Crippen LogP contribution < -0.4 is 10.6 Å². The zero-order valence-corrected chi connectivity index (χ0v) is 16.0. The summed E-state index contributed by atoms with van der Waals surface area (Å²) in [5.41, 5.74) is -0.909. The van der Waals surface area contributed by atoms with Gasteiger partial charge >= 0.3 is 12.0 Å². The number of hydrogen-bond donors (Lipinski definition) is 2. The van der Waals surface area contributed by atoms with E-state index in [9.17, 15) is 19.2 Å². The van der Waals surface area contributed by atoms with E-state index in [-0.39, 0.29) is 11.8 Å². The van der Waals surface area contributed by atoms with E-state index in [1.165, 1.54) is 11.3 Å². The second kappa shape index (κ2) is 8.08. The highest BCUT2D eigenvalue weighted by Gasteiger charge is 2.55. The quantitative estimate of drug-likeness (QED) is 0.562. The number of ether oxygens (including phenoxy) is 1. The average molecular weight is 393 g/mol. The Bertz CT molecular complexity index is 735. The summed E-state index contributed by atoms with van der Waals surface area (Å²) in [6.45, 7) is 1.37. The van der Waals surface area contributed by atoms with Crippen LogP contribution in [0.25, 0.3) is 0 Å². The summed E-state index contributed by atoms with van der Waals surface area (Å²) in [4.78, 5) is 50.6. The van der Waals surface area contributed by atoms with E-state index in [1.807, 2.05) is 24.4 Å². The first-order valence-electron chi connectivity index (χ1n) is 9.01. The third-order valence-electron chi connectivity index (χ3n) is 5.19. The highest BCUT2D eigenvalue weighted by molar-refractivity contribution is 7.09. The zero-order chi connectivity index (χ0) is 19.4. The molecule has 1 aliphatic heterocycles. The van der Waals surface area contributed by atoms with Gasteiger partial charge in [-0.3, -0.25) is 19.3 Å². The second-order valence-electron chi connectivity index (χ2n) is 6.96. The maximum atomic E-state index is 12.8. The van der Waals surface area contributed by atoms with E-state index in [0.29, 0.717) is 13.0 Å². The van der Waals surface area contributed by atoms with Crippen LogP contribution >= 0.6 is 11.3 Å². The Morgan fingerprint density at radius 2 is 2.22 bits per heavy atom. The first kappa shape index (κ1) is 19.3. The molecule has 9 heteroatoms. The first-order chi connectivity index (χ1) is 12.9. The van der Waals surface area contributed by atoms with Crippen molar-refractivity contribution in [1.82, 2.24) is 15.5 Å². The third kappa shape index (κ3) is 4.13. The molecule has 146 valence electrons. The summed E-state index contributed by atoms with van der Waals surface area (Å²) in [5, 5.41) is 7.32. The van der Waals surface area contributed by atoms with Crippen LogP contribution in [-0.4, -0.2) is 47.4 Å². The van der Waals surface area contributed by atoms with E-state index in [4.69, 9.17) is 4.74 Å². The van der Waals surface area contributed by atoms with Gasteiger partial charge in [0, 0.05) is 4.88 Å². The number of amides is 4. The van der Waals surface area contributed by atoms with Crippen molar-refractivity contribution in [3.8, 4) is 0 Å². The van der Waals surface area contributed by atoms with E-state index in [2.05, 4.69) is 10.6 Å². The molecule has 2 aliphatic rings. The molecule has 1 saturated heterocycles. The van der Waals surface area contributed by atoms with Gasteiger partial charge in [-0.15, -0.1) is 11.3 Å². The van der Waals surface area contributed by atoms with Crippen LogP contribution in [-0.2, 0) is 25.7 Å². The molecular weight excluding hydrogens is 370 g/mol. The number of hydrogen-bond acceptors (Lipinski definition) is 6. The maximum Gasteiger partial charge on any atom is 0.326 e. The third-order valence-corrected chi connectivity index (χ3v) is 6.07. The highest BCUT2D eigenvalue weighted by Crippen LogP contribution is 2.38. The topological polar surface area (TPSA) is 105 Å². The molecule has 3 rings (SSSR count). The lowest BCUT2D eigenvalue weighted by Crippen LogP contribution is -2.54. The Morgan fingerprint density at radius 3 is 2.93 bits per heavy atom. The molecule has 1 spiro atoms. The summed E-state index contributed by atoms with van der Waals surface area (Å²) < 4.78 is 4.91. The normalized spacial score (nSPS) is 24.8. The van der Waals surface area contributed by atoms with Gasteiger partial charge in [-0.25, -0.2) is 4.79 Å². The molecule has 27 heavy (non-hydrogen) atoms. The zero-order valence-electron chi connectivity index (χ0n) is 15.2. The SMILES string of the molecule is C[C@@H]1CCCC[C@]12NC(=O)N(CC(=O)OCC(=O)NCc1cccs1)C2=O. The van der Waals surface area contributed by atoms with Crippen LogP contribution in [0.2, 0.25) is 0 Å². The summed E-state index contributed by atoms with van der Waals surface area (Å²) in [6.07, 6.45) is 3.32. The molecule has 0 bridgehead atoms. The van der Waals surface area contributed by atoms with E-state index < -0.39 is 36.6 Å². The van der Waals surface area contributed by atoms with Crippen molar-refractivity contribution in [2.45, 2.75) is 44.7 Å². The van der Waals surface area contributed by atoms with Gasteiger partial charge in [0.05, 0.1) is 6.54 Å². The minimum atomic E-state index is -0.909. The largest absolute Gasteiger partial charge is 0.454 e. The van der Waals surface area contributed by atoms with E-state index in [0.717, 1.165) is 29.0 Å². The number of carbonyl (C=O) groups excluding carboxylic acids is 4. The Hall–Kier alpha value is -2.42. The molecule has 2 N–H and O–H groups in total. The molecule has 2 atom stereocenters. The number of nitrogens with zero attached hydrogens (tertiary/aromatic N) is 1. The van der Waals surface area contributed by atoms with Crippen LogP contribution in [0.3, 0.4) is 0 Å². The van der Waals surface area contributed by atoms with Crippen molar-refractivity contribution in [2.24, 2.45) is 5.92 Å². The molecule has 0 radical (unpaired) electrons. The summed E-state index contributed by atoms with van der Waals surface area (Å²) >= 11 is 1.51. The van der Waals surface area contributed by atoms with Gasteiger partial charge in [-0.2, -0.15) is 0 Å². The minimum absolute atomic E-state index is 0.0201. The van der Waals surface area contributed by atoms with Gasteiger partial charge in [-0.1, -0.05) is 25.8 Å². The van der Waals surface area contributed by atoms with Crippen molar-refractivity contribution >= 4 is 35.2 Å². The maximum absolute atomic E-state index is 12.8. The smallest absolute Gasteiger partial charge is 0.326 e. The number of esters is 1. The molecule has 4 amide bonds. The van der Waals surface area contributed by atoms with Gasteiger partial charge in [0.2, 0.25) is 0 Å². The number of urea groups is 1. The standard InChI is InChI=1S/C18H23N3O5S/c1-12-5-2-3-7-18(12)16(24)21(17(25)20-18)10-15(23)26-11-14(22)19-9-13-6-4-8-27-13/h4,6,8,12H,2-3,5,7,9-11H2,1H3,(H,19,22)(H,20,25)/t12-,18+/m1/s1. The van der Waals surface area contributed by atoms with Gasteiger partial charge in [0.15, 0.2) is 6.61 Å². The van der Waals surface area contributed by atoms with Gasteiger partial charge in [0.1, 0.15) is 12.1 Å². The fourth-order valence-electron chi connectivity index (χ4n) is 3.61. The predicted molar refractivity (Wildman–Crippen MR) is 97.7 cm³/mol. The van der Waals surface area contributed by atoms with Gasteiger partial charge in [0.25, 0.3) is 11.8 Å². The lowest BCUT2D eigenvalue weighted by molar-refractivity contribution is -0.151. The summed E-state index contributed by atoms with van der Waals surface area (Å²) in [6, 6.07) is 3.19. The van der Waals surface area contributed by atoms with Crippen LogP contribution in [0.4, 0.5) is 4.79 Å². The number of carbonyl (C=O) groups is 4. The molecule has 0 unspecified atom stereocenters. The van der Waals surface area contributed by atoms with Crippen molar-refractivity contribution in [1.29, 1.82) is 0 Å². The Balaban J connectivity index is 1.48. The van der Waals surface area contributed by atoms with Gasteiger partial charge < -0.3 is 15.4 Å². The fraction of sp³-hybridized carbons (Fsp3) is 0.556. The van der Waals surface area contributed by atoms with Crippen LogP contribution in [0.1, 0.15) is 37.5 Å². The second-order valence-corrected chi connectivity index (χ2v) is 7.99. The van der Waals surface area contributed by atoms with Crippen LogP contribution in [0.15, 0.2) is 17.5 Å². The number of nitrogens with one attached hydrogen (secondary N) is 2. The predicted octanol–water partition coefficient (Wildman–Crippen LogP) is 1.41. The molecule has 2 fully saturated rings. The van der Waals surface area contributed by atoms with Crippen molar-refractivity contribution in [2.75, 3.05) is 13.2 Å². The first-order valence-corrected chi connectivity index (χ1v) is 9.89. The lowest BCUT2D eigenvalue weighted by Gasteiger charge is -2.36. The number of imide groups is 1. The highest BCUT2D eigenvalue weighted by atomic mass is 32.1. The number of thiophene rings is 1. The molecule has 0 aromatic carbocycles. The minimum Gasteiger partial charge on any atom is -0.454 e. The van der Waals surface area contributed by atoms with E-state index in [1.54, 1.807) is 0 Å². The summed E-state index contributed by atoms with van der Waals surface area (Å²) in [5.74, 6) is -1.58. The van der Waals surface area contributed by atoms with Crippen molar-refractivity contribution < 1.29 is 23.9 Å².